The summed E-state index contributed by atoms with van der Waals surface area (Å²) in [6.07, 6.45) is 0. The van der Waals surface area contributed by atoms with E-state index in [1.807, 2.05) is 44.2 Å². The van der Waals surface area contributed by atoms with Gasteiger partial charge in [-0.3, -0.25) is 0 Å². The van der Waals surface area contributed by atoms with Crippen LogP contribution in [0.5, 0.6) is 0 Å². The average molecular weight is 382 g/mol. The van der Waals surface area contributed by atoms with Gasteiger partial charge in [-0.1, -0.05) is 35.3 Å². The number of hydrogen-bond donors (Lipinski definition) is 0. The highest BCUT2D eigenvalue weighted by molar-refractivity contribution is 9.10. The zero-order valence-corrected chi connectivity index (χ0v) is 14.5. The number of aryl methyl sites for hydroxylation is 2. The van der Waals surface area contributed by atoms with Crippen molar-refractivity contribution in [3.63, 3.8) is 0 Å². The quantitative estimate of drug-likeness (QED) is 0.484. The predicted octanol–water partition coefficient (Wildman–Crippen LogP) is 5.98. The predicted molar refractivity (Wildman–Crippen MR) is 92.2 cm³/mol. The molecule has 106 valence electrons. The van der Waals surface area contributed by atoms with Gasteiger partial charge >= 0.3 is 0 Å². The lowest BCUT2D eigenvalue weighted by Gasteiger charge is -2.09. The standard InChI is InChI=1S/C16H11BrCl2N2/c1-8-3-5-10(12(18)7-8)16-20-14-9(2)4-6-11(17)13(14)15(19)21-16/h3-7H,1-2H3. The Morgan fingerprint density at radius 1 is 1.00 bits per heavy atom. The maximum atomic E-state index is 6.35. The van der Waals surface area contributed by atoms with Gasteiger partial charge in [0.1, 0.15) is 5.15 Å². The fourth-order valence-corrected chi connectivity index (χ4v) is 3.43. The van der Waals surface area contributed by atoms with Gasteiger partial charge < -0.3 is 0 Å². The van der Waals surface area contributed by atoms with Crippen molar-refractivity contribution in [3.8, 4) is 11.4 Å². The molecule has 1 heterocycles. The van der Waals surface area contributed by atoms with E-state index in [-0.39, 0.29) is 0 Å². The second kappa shape index (κ2) is 5.56. The maximum absolute atomic E-state index is 6.35. The third-order valence-electron chi connectivity index (χ3n) is 3.32. The van der Waals surface area contributed by atoms with Crippen LogP contribution in [0.1, 0.15) is 11.1 Å². The first-order chi connectivity index (χ1) is 9.97. The van der Waals surface area contributed by atoms with Crippen LogP contribution in [-0.2, 0) is 0 Å². The zero-order valence-electron chi connectivity index (χ0n) is 11.4. The topological polar surface area (TPSA) is 25.8 Å². The van der Waals surface area contributed by atoms with Crippen LogP contribution < -0.4 is 0 Å². The van der Waals surface area contributed by atoms with Crippen molar-refractivity contribution >= 4 is 50.0 Å². The molecule has 0 amide bonds. The Bertz CT molecular complexity index is 863. The van der Waals surface area contributed by atoms with Crippen molar-refractivity contribution in [3.05, 3.63) is 56.1 Å². The van der Waals surface area contributed by atoms with Crippen molar-refractivity contribution in [2.75, 3.05) is 0 Å². The number of benzene rings is 2. The van der Waals surface area contributed by atoms with E-state index in [1.165, 1.54) is 0 Å². The number of aromatic nitrogens is 2. The fraction of sp³-hybridized carbons (Fsp3) is 0.125. The Labute approximate surface area is 141 Å². The molecule has 0 saturated carbocycles. The van der Waals surface area contributed by atoms with Gasteiger partial charge in [-0.25, -0.2) is 9.97 Å². The zero-order chi connectivity index (χ0) is 15.1. The van der Waals surface area contributed by atoms with E-state index in [2.05, 4.69) is 25.9 Å². The van der Waals surface area contributed by atoms with Gasteiger partial charge in [0, 0.05) is 10.0 Å². The molecule has 3 rings (SSSR count). The van der Waals surface area contributed by atoms with Crippen LogP contribution in [0.2, 0.25) is 10.2 Å². The van der Waals surface area contributed by atoms with Crippen molar-refractivity contribution < 1.29 is 0 Å². The van der Waals surface area contributed by atoms with Crippen LogP contribution >= 0.6 is 39.1 Å². The molecular weight excluding hydrogens is 371 g/mol. The molecule has 0 N–H and O–H groups in total. The Kier molecular flexibility index (Phi) is 3.91. The summed E-state index contributed by atoms with van der Waals surface area (Å²) in [5.74, 6) is 0.540. The second-order valence-electron chi connectivity index (χ2n) is 4.91. The van der Waals surface area contributed by atoms with Crippen molar-refractivity contribution in [1.82, 2.24) is 9.97 Å². The summed E-state index contributed by atoms with van der Waals surface area (Å²) in [7, 11) is 0. The van der Waals surface area contributed by atoms with Crippen LogP contribution in [0.15, 0.2) is 34.8 Å². The molecular formula is C16H11BrCl2N2. The summed E-state index contributed by atoms with van der Waals surface area (Å²) in [6.45, 7) is 3.99. The number of nitrogens with zero attached hydrogens (tertiary/aromatic N) is 2. The molecule has 0 saturated heterocycles. The molecule has 0 bridgehead atoms. The molecule has 2 aromatic carbocycles. The highest BCUT2D eigenvalue weighted by Gasteiger charge is 2.14. The van der Waals surface area contributed by atoms with Gasteiger partial charge in [0.2, 0.25) is 0 Å². The average Bonchev–Trinajstić information content (AvgIpc) is 2.42. The molecule has 1 aromatic heterocycles. The Balaban J connectivity index is 2.33. The molecule has 21 heavy (non-hydrogen) atoms. The molecule has 0 spiro atoms. The molecule has 0 aliphatic carbocycles. The minimum Gasteiger partial charge on any atom is -0.228 e. The van der Waals surface area contributed by atoms with Crippen molar-refractivity contribution in [2.24, 2.45) is 0 Å². The van der Waals surface area contributed by atoms with Gasteiger partial charge in [-0.05, 0) is 59.1 Å². The largest absolute Gasteiger partial charge is 0.228 e. The van der Waals surface area contributed by atoms with E-state index >= 15 is 0 Å². The van der Waals surface area contributed by atoms with Crippen LogP contribution in [0.25, 0.3) is 22.3 Å². The van der Waals surface area contributed by atoms with Gasteiger partial charge in [0.15, 0.2) is 5.82 Å². The molecule has 0 atom stereocenters. The minimum atomic E-state index is 0.419. The monoisotopic (exact) mass is 380 g/mol. The third-order valence-corrected chi connectivity index (χ3v) is 4.57. The number of rotatable bonds is 1. The lowest BCUT2D eigenvalue weighted by molar-refractivity contribution is 1.21. The van der Waals surface area contributed by atoms with Gasteiger partial charge in [0.05, 0.1) is 15.9 Å². The summed E-state index contributed by atoms with van der Waals surface area (Å²) in [5, 5.41) is 1.86. The molecule has 0 aliphatic heterocycles. The lowest BCUT2D eigenvalue weighted by Crippen LogP contribution is -1.95. The lowest BCUT2D eigenvalue weighted by atomic mass is 10.1. The van der Waals surface area contributed by atoms with E-state index in [0.717, 1.165) is 32.1 Å². The number of hydrogen-bond acceptors (Lipinski definition) is 2. The smallest absolute Gasteiger partial charge is 0.163 e. The summed E-state index contributed by atoms with van der Waals surface area (Å²) in [4.78, 5) is 9.05. The number of fused-ring (bicyclic) bond motifs is 1. The van der Waals surface area contributed by atoms with E-state index in [9.17, 15) is 0 Å². The molecule has 0 radical (unpaired) electrons. The summed E-state index contributed by atoms with van der Waals surface area (Å²) in [6, 6.07) is 9.74. The van der Waals surface area contributed by atoms with E-state index in [1.54, 1.807) is 0 Å². The first-order valence-electron chi connectivity index (χ1n) is 6.36. The van der Waals surface area contributed by atoms with Crippen LogP contribution in [-0.4, -0.2) is 9.97 Å². The molecule has 3 aromatic rings. The van der Waals surface area contributed by atoms with Gasteiger partial charge in [-0.15, -0.1) is 0 Å². The fourth-order valence-electron chi connectivity index (χ4n) is 2.21. The molecule has 2 nitrogen and oxygen atoms in total. The Hall–Kier alpha value is -1.16. The van der Waals surface area contributed by atoms with Crippen molar-refractivity contribution in [1.29, 1.82) is 0 Å². The molecule has 5 heteroatoms. The number of halogens is 3. The SMILES string of the molecule is Cc1ccc(-c2nc(Cl)c3c(Br)ccc(C)c3n2)c(Cl)c1. The maximum Gasteiger partial charge on any atom is 0.163 e. The summed E-state index contributed by atoms with van der Waals surface area (Å²) >= 11 is 16.2. The summed E-state index contributed by atoms with van der Waals surface area (Å²) in [5.41, 5.74) is 3.75. The van der Waals surface area contributed by atoms with Gasteiger partial charge in [-0.2, -0.15) is 0 Å². The van der Waals surface area contributed by atoms with Crippen LogP contribution in [0, 0.1) is 13.8 Å². The van der Waals surface area contributed by atoms with Gasteiger partial charge in [0.25, 0.3) is 0 Å². The van der Waals surface area contributed by atoms with Crippen LogP contribution in [0.3, 0.4) is 0 Å². The van der Waals surface area contributed by atoms with E-state index in [0.29, 0.717) is 16.0 Å². The molecule has 0 fully saturated rings. The van der Waals surface area contributed by atoms with E-state index in [4.69, 9.17) is 23.2 Å². The normalized spacial score (nSPS) is 11.1. The van der Waals surface area contributed by atoms with Crippen molar-refractivity contribution in [2.45, 2.75) is 13.8 Å². The minimum absolute atomic E-state index is 0.419. The third kappa shape index (κ3) is 2.66. The molecule has 0 unspecified atom stereocenters. The van der Waals surface area contributed by atoms with E-state index < -0.39 is 0 Å². The Morgan fingerprint density at radius 2 is 1.76 bits per heavy atom. The highest BCUT2D eigenvalue weighted by atomic mass is 79.9. The Morgan fingerprint density at radius 3 is 2.48 bits per heavy atom. The van der Waals surface area contributed by atoms with Crippen LogP contribution in [0.4, 0.5) is 0 Å². The summed E-state index contributed by atoms with van der Waals surface area (Å²) < 4.78 is 0.884. The first kappa shape index (κ1) is 14.8. The first-order valence-corrected chi connectivity index (χ1v) is 7.91. The molecule has 0 aliphatic rings. The highest BCUT2D eigenvalue weighted by Crippen LogP contribution is 2.34. The second-order valence-corrected chi connectivity index (χ2v) is 6.53.